The third kappa shape index (κ3) is 6.43. The lowest BCUT2D eigenvalue weighted by Gasteiger charge is -2.49. The molecule has 2 aliphatic rings. The first-order valence-corrected chi connectivity index (χ1v) is 11.8. The van der Waals surface area contributed by atoms with Crippen LogP contribution in [-0.4, -0.2) is 66.0 Å². The topological polar surface area (TPSA) is 54.4 Å². The summed E-state index contributed by atoms with van der Waals surface area (Å²) in [6.45, 7) is 10.9. The summed E-state index contributed by atoms with van der Waals surface area (Å²) >= 11 is 0. The number of nitrogens with zero attached hydrogens (tertiary/aromatic N) is 3. The zero-order chi connectivity index (χ0) is 25.1. The van der Waals surface area contributed by atoms with E-state index in [0.717, 1.165) is 50.9 Å². The summed E-state index contributed by atoms with van der Waals surface area (Å²) in [7, 11) is 1.46. The molecule has 34 heavy (non-hydrogen) atoms. The van der Waals surface area contributed by atoms with E-state index in [1.54, 1.807) is 4.90 Å². The number of alkyl halides is 3. The van der Waals surface area contributed by atoms with Gasteiger partial charge in [-0.1, -0.05) is 17.3 Å². The SMILES string of the molecule is CO/N=C(\c1ccc(C(F)(F)F)cc1)C1CCN(C2(C)CCN(C(=O)OC(C)(C)C)CC2)CC1. The number of hydrogen-bond donors (Lipinski definition) is 0. The monoisotopic (exact) mass is 483 g/mol. The molecule has 0 N–H and O–H groups in total. The lowest BCUT2D eigenvalue weighted by Crippen LogP contribution is -2.57. The van der Waals surface area contributed by atoms with Gasteiger partial charge in [0, 0.05) is 24.5 Å². The molecule has 1 aromatic carbocycles. The van der Waals surface area contributed by atoms with E-state index < -0.39 is 17.3 Å². The summed E-state index contributed by atoms with van der Waals surface area (Å²) in [4.78, 5) is 21.7. The lowest BCUT2D eigenvalue weighted by atomic mass is 9.82. The predicted octanol–water partition coefficient (Wildman–Crippen LogP) is 5.56. The van der Waals surface area contributed by atoms with E-state index in [-0.39, 0.29) is 17.6 Å². The van der Waals surface area contributed by atoms with Gasteiger partial charge in [-0.3, -0.25) is 4.90 Å². The van der Waals surface area contributed by atoms with Crippen LogP contribution in [0.3, 0.4) is 0 Å². The number of amides is 1. The maximum Gasteiger partial charge on any atom is 0.416 e. The Balaban J connectivity index is 1.59. The zero-order valence-electron chi connectivity index (χ0n) is 20.7. The number of piperidine rings is 2. The number of ether oxygens (including phenoxy) is 1. The van der Waals surface area contributed by atoms with Gasteiger partial charge in [0.05, 0.1) is 11.3 Å². The summed E-state index contributed by atoms with van der Waals surface area (Å²) < 4.78 is 44.3. The van der Waals surface area contributed by atoms with Crippen molar-refractivity contribution in [1.29, 1.82) is 0 Å². The van der Waals surface area contributed by atoms with Gasteiger partial charge in [-0.05, 0) is 84.2 Å². The van der Waals surface area contributed by atoms with Crippen molar-refractivity contribution in [2.75, 3.05) is 33.3 Å². The standard InChI is InChI=1S/C25H36F3N3O3/c1-23(2,3)34-22(32)30-16-12-24(4,13-17-30)31-14-10-19(11-15-31)21(29-33-5)18-6-8-20(9-7-18)25(26,27)28/h6-9,19H,10-17H2,1-5H3/b29-21+. The molecule has 2 aliphatic heterocycles. The predicted molar refractivity (Wildman–Crippen MR) is 125 cm³/mol. The highest BCUT2D eigenvalue weighted by Gasteiger charge is 2.40. The molecule has 9 heteroatoms. The van der Waals surface area contributed by atoms with Crippen LogP contribution in [0.1, 0.15) is 64.5 Å². The van der Waals surface area contributed by atoms with Crippen molar-refractivity contribution in [1.82, 2.24) is 9.80 Å². The molecule has 2 saturated heterocycles. The molecular weight excluding hydrogens is 447 g/mol. The van der Waals surface area contributed by atoms with Gasteiger partial charge in [0.15, 0.2) is 0 Å². The molecule has 0 atom stereocenters. The second-order valence-electron chi connectivity index (χ2n) is 10.5. The Morgan fingerprint density at radius 1 is 1.03 bits per heavy atom. The first-order valence-electron chi connectivity index (χ1n) is 11.8. The third-order valence-electron chi connectivity index (χ3n) is 6.84. The smallest absolute Gasteiger partial charge is 0.416 e. The summed E-state index contributed by atoms with van der Waals surface area (Å²) in [6.07, 6.45) is -1.20. The average Bonchev–Trinajstić information content (AvgIpc) is 2.76. The van der Waals surface area contributed by atoms with Crippen LogP contribution in [0.25, 0.3) is 0 Å². The number of hydrogen-bond acceptors (Lipinski definition) is 5. The second-order valence-corrected chi connectivity index (χ2v) is 10.5. The van der Waals surface area contributed by atoms with E-state index in [1.165, 1.54) is 19.2 Å². The maximum atomic E-state index is 12.9. The fourth-order valence-electron chi connectivity index (χ4n) is 4.80. The van der Waals surface area contributed by atoms with Crippen molar-refractivity contribution in [3.05, 3.63) is 35.4 Å². The molecule has 0 spiro atoms. The molecule has 1 amide bonds. The minimum atomic E-state index is -4.36. The van der Waals surface area contributed by atoms with Crippen LogP contribution < -0.4 is 0 Å². The van der Waals surface area contributed by atoms with Crippen LogP contribution in [0.5, 0.6) is 0 Å². The maximum absolute atomic E-state index is 12.9. The highest BCUT2D eigenvalue weighted by molar-refractivity contribution is 6.02. The average molecular weight is 484 g/mol. The van der Waals surface area contributed by atoms with E-state index >= 15 is 0 Å². The van der Waals surface area contributed by atoms with Gasteiger partial charge in [-0.2, -0.15) is 13.2 Å². The Morgan fingerprint density at radius 3 is 2.06 bits per heavy atom. The molecule has 190 valence electrons. The van der Waals surface area contributed by atoms with E-state index in [2.05, 4.69) is 17.0 Å². The van der Waals surface area contributed by atoms with Crippen LogP contribution >= 0.6 is 0 Å². The fraction of sp³-hybridized carbons (Fsp3) is 0.680. The van der Waals surface area contributed by atoms with Crippen LogP contribution in [0, 0.1) is 5.92 Å². The fourth-order valence-corrected chi connectivity index (χ4v) is 4.80. The van der Waals surface area contributed by atoms with Crippen molar-refractivity contribution < 1.29 is 27.5 Å². The molecule has 0 bridgehead atoms. The normalized spacial score (nSPS) is 20.8. The third-order valence-corrected chi connectivity index (χ3v) is 6.84. The lowest BCUT2D eigenvalue weighted by molar-refractivity contribution is -0.137. The van der Waals surface area contributed by atoms with Crippen LogP contribution in [0.4, 0.5) is 18.0 Å². The van der Waals surface area contributed by atoms with Crippen molar-refractivity contribution in [2.24, 2.45) is 11.1 Å². The minimum Gasteiger partial charge on any atom is -0.444 e. The molecule has 0 radical (unpaired) electrons. The molecule has 0 unspecified atom stereocenters. The number of halogens is 3. The highest BCUT2D eigenvalue weighted by Crippen LogP contribution is 2.35. The van der Waals surface area contributed by atoms with Crippen LogP contribution in [0.2, 0.25) is 0 Å². The van der Waals surface area contributed by atoms with E-state index in [9.17, 15) is 18.0 Å². The van der Waals surface area contributed by atoms with Gasteiger partial charge in [-0.15, -0.1) is 0 Å². The molecule has 1 aromatic rings. The first kappa shape index (κ1) is 26.3. The summed E-state index contributed by atoms with van der Waals surface area (Å²) in [5.41, 5.74) is 0.171. The van der Waals surface area contributed by atoms with E-state index in [1.807, 2.05) is 20.8 Å². The van der Waals surface area contributed by atoms with Gasteiger partial charge >= 0.3 is 12.3 Å². The molecule has 2 heterocycles. The molecule has 0 aliphatic carbocycles. The van der Waals surface area contributed by atoms with E-state index in [4.69, 9.17) is 9.57 Å². The number of rotatable bonds is 4. The Hall–Kier alpha value is -2.29. The Bertz CT molecular complexity index is 862. The van der Waals surface area contributed by atoms with Gasteiger partial charge in [0.1, 0.15) is 12.7 Å². The molecular formula is C25H36F3N3O3. The number of carbonyl (C=O) groups is 1. The Morgan fingerprint density at radius 2 is 1.59 bits per heavy atom. The second kappa shape index (κ2) is 10.1. The number of carbonyl (C=O) groups excluding carboxylic acids is 1. The Labute approximate surface area is 200 Å². The van der Waals surface area contributed by atoms with Crippen molar-refractivity contribution in [3.63, 3.8) is 0 Å². The van der Waals surface area contributed by atoms with Crippen LogP contribution in [0.15, 0.2) is 29.4 Å². The Kier molecular flexibility index (Phi) is 7.85. The largest absolute Gasteiger partial charge is 0.444 e. The summed E-state index contributed by atoms with van der Waals surface area (Å²) in [6, 6.07) is 5.13. The molecule has 3 rings (SSSR count). The molecule has 6 nitrogen and oxygen atoms in total. The van der Waals surface area contributed by atoms with Gasteiger partial charge in [0.2, 0.25) is 0 Å². The zero-order valence-corrected chi connectivity index (χ0v) is 20.7. The van der Waals surface area contributed by atoms with E-state index in [0.29, 0.717) is 24.4 Å². The van der Waals surface area contributed by atoms with Crippen molar-refractivity contribution in [3.8, 4) is 0 Å². The van der Waals surface area contributed by atoms with Crippen molar-refractivity contribution in [2.45, 2.75) is 70.7 Å². The highest BCUT2D eigenvalue weighted by atomic mass is 19.4. The summed E-state index contributed by atoms with van der Waals surface area (Å²) in [5, 5.41) is 4.18. The van der Waals surface area contributed by atoms with Crippen LogP contribution in [-0.2, 0) is 15.8 Å². The number of benzene rings is 1. The molecule has 2 fully saturated rings. The quantitative estimate of drug-likeness (QED) is 0.416. The number of oxime groups is 1. The van der Waals surface area contributed by atoms with Crippen molar-refractivity contribution >= 4 is 11.8 Å². The summed E-state index contributed by atoms with van der Waals surface area (Å²) in [5.74, 6) is 0.110. The first-order chi connectivity index (χ1) is 15.8. The van der Waals surface area contributed by atoms with Gasteiger partial charge < -0.3 is 14.5 Å². The van der Waals surface area contributed by atoms with Gasteiger partial charge in [0.25, 0.3) is 0 Å². The molecule has 0 saturated carbocycles. The minimum absolute atomic E-state index is 0.00357. The molecule has 0 aromatic heterocycles. The number of likely N-dealkylation sites (tertiary alicyclic amines) is 2. The van der Waals surface area contributed by atoms with Gasteiger partial charge in [-0.25, -0.2) is 4.79 Å².